The van der Waals surface area contributed by atoms with Gasteiger partial charge in [0, 0.05) is 6.04 Å². The van der Waals surface area contributed by atoms with E-state index in [2.05, 4.69) is 5.32 Å². The van der Waals surface area contributed by atoms with Crippen LogP contribution in [0.15, 0.2) is 30.3 Å². The van der Waals surface area contributed by atoms with Crippen molar-refractivity contribution in [1.29, 1.82) is 0 Å². The molecule has 0 saturated carbocycles. The Hall–Kier alpha value is -1.07. The number of alkyl halides is 3. The number of benzene rings is 1. The lowest BCUT2D eigenvalue weighted by atomic mass is 10.0. The van der Waals surface area contributed by atoms with Gasteiger partial charge in [-0.25, -0.2) is 0 Å². The van der Waals surface area contributed by atoms with Gasteiger partial charge in [-0.15, -0.1) is 0 Å². The Labute approximate surface area is 98.5 Å². The van der Waals surface area contributed by atoms with Crippen LogP contribution in [-0.4, -0.2) is 23.9 Å². The minimum Gasteiger partial charge on any atom is -0.395 e. The van der Waals surface area contributed by atoms with Gasteiger partial charge in [-0.2, -0.15) is 13.2 Å². The van der Waals surface area contributed by atoms with E-state index in [-0.39, 0.29) is 12.2 Å². The molecule has 0 heterocycles. The quantitative estimate of drug-likeness (QED) is 0.838. The monoisotopic (exact) mass is 247 g/mol. The molecule has 0 aromatic heterocycles. The maximum atomic E-state index is 12.9. The lowest BCUT2D eigenvalue weighted by Crippen LogP contribution is -2.42. The fraction of sp³-hybridized carbons (Fsp3) is 0.500. The fourth-order valence-corrected chi connectivity index (χ4v) is 1.56. The number of nitrogens with one attached hydrogen (secondary N) is 1. The number of aliphatic hydroxyl groups excluding tert-OH is 1. The van der Waals surface area contributed by atoms with Crippen LogP contribution in [-0.2, 0) is 0 Å². The second-order valence-electron chi connectivity index (χ2n) is 3.84. The first-order valence-corrected chi connectivity index (χ1v) is 5.47. The van der Waals surface area contributed by atoms with Crippen LogP contribution < -0.4 is 5.32 Å². The van der Waals surface area contributed by atoms with Crippen molar-refractivity contribution in [2.75, 3.05) is 6.61 Å². The van der Waals surface area contributed by atoms with E-state index in [1.807, 2.05) is 0 Å². The number of hydrogen-bond acceptors (Lipinski definition) is 2. The van der Waals surface area contributed by atoms with Gasteiger partial charge in [0.1, 0.15) is 6.04 Å². The Kier molecular flexibility index (Phi) is 4.96. The highest BCUT2D eigenvalue weighted by molar-refractivity contribution is 5.20. The first kappa shape index (κ1) is 14.0. The molecular formula is C12H16F3NO. The molecule has 0 aliphatic heterocycles. The number of halogens is 3. The Balaban J connectivity index is 2.90. The van der Waals surface area contributed by atoms with Crippen LogP contribution in [0.4, 0.5) is 13.2 Å². The predicted molar refractivity (Wildman–Crippen MR) is 59.5 cm³/mol. The molecule has 0 bridgehead atoms. The SMILES string of the molecule is CC[C@@H](CO)N[C@@H](c1ccccc1)C(F)(F)F. The molecule has 0 unspecified atom stereocenters. The normalized spacial score (nSPS) is 15.6. The summed E-state index contributed by atoms with van der Waals surface area (Å²) >= 11 is 0. The van der Waals surface area contributed by atoms with E-state index in [0.717, 1.165) is 0 Å². The molecule has 1 rings (SSSR count). The van der Waals surface area contributed by atoms with Crippen molar-refractivity contribution in [2.45, 2.75) is 31.6 Å². The molecule has 0 amide bonds. The molecule has 1 aromatic carbocycles. The van der Waals surface area contributed by atoms with Gasteiger partial charge in [0.25, 0.3) is 0 Å². The summed E-state index contributed by atoms with van der Waals surface area (Å²) in [5.74, 6) is 0. The molecule has 0 spiro atoms. The summed E-state index contributed by atoms with van der Waals surface area (Å²) in [6, 6.07) is 5.36. The zero-order valence-electron chi connectivity index (χ0n) is 9.54. The van der Waals surface area contributed by atoms with E-state index in [4.69, 9.17) is 5.11 Å². The second-order valence-corrected chi connectivity index (χ2v) is 3.84. The highest BCUT2D eigenvalue weighted by Crippen LogP contribution is 2.33. The maximum absolute atomic E-state index is 12.9. The van der Waals surface area contributed by atoms with Crippen molar-refractivity contribution in [3.05, 3.63) is 35.9 Å². The van der Waals surface area contributed by atoms with Gasteiger partial charge in [0.05, 0.1) is 6.61 Å². The van der Waals surface area contributed by atoms with Crippen LogP contribution >= 0.6 is 0 Å². The summed E-state index contributed by atoms with van der Waals surface area (Å²) in [6.45, 7) is 1.42. The summed E-state index contributed by atoms with van der Waals surface area (Å²) in [5.41, 5.74) is 0.159. The molecular weight excluding hydrogens is 231 g/mol. The smallest absolute Gasteiger partial charge is 0.395 e. The number of hydrogen-bond donors (Lipinski definition) is 2. The van der Waals surface area contributed by atoms with Gasteiger partial charge in [-0.3, -0.25) is 5.32 Å². The highest BCUT2D eigenvalue weighted by atomic mass is 19.4. The van der Waals surface area contributed by atoms with Crippen LogP contribution in [0.2, 0.25) is 0 Å². The average Bonchev–Trinajstić information content (AvgIpc) is 2.30. The Bertz CT molecular complexity index is 322. The molecule has 0 fully saturated rings. The van der Waals surface area contributed by atoms with Crippen molar-refractivity contribution in [3.8, 4) is 0 Å². The van der Waals surface area contributed by atoms with E-state index in [0.29, 0.717) is 6.42 Å². The molecule has 0 aliphatic carbocycles. The van der Waals surface area contributed by atoms with Crippen molar-refractivity contribution in [1.82, 2.24) is 5.32 Å². The van der Waals surface area contributed by atoms with Crippen molar-refractivity contribution < 1.29 is 18.3 Å². The first-order chi connectivity index (χ1) is 7.99. The fourth-order valence-electron chi connectivity index (χ4n) is 1.56. The maximum Gasteiger partial charge on any atom is 0.407 e. The van der Waals surface area contributed by atoms with E-state index in [9.17, 15) is 13.2 Å². The summed E-state index contributed by atoms with van der Waals surface area (Å²) in [5, 5.41) is 11.4. The Morgan fingerprint density at radius 2 is 1.82 bits per heavy atom. The third-order valence-electron chi connectivity index (χ3n) is 2.58. The Morgan fingerprint density at radius 3 is 2.24 bits per heavy atom. The van der Waals surface area contributed by atoms with Crippen molar-refractivity contribution >= 4 is 0 Å². The Morgan fingerprint density at radius 1 is 1.24 bits per heavy atom. The summed E-state index contributed by atoms with van der Waals surface area (Å²) in [7, 11) is 0. The van der Waals surface area contributed by atoms with Crippen LogP contribution in [0.3, 0.4) is 0 Å². The molecule has 0 aliphatic rings. The number of rotatable bonds is 5. The third kappa shape index (κ3) is 4.02. The van der Waals surface area contributed by atoms with E-state index >= 15 is 0 Å². The lowest BCUT2D eigenvalue weighted by Gasteiger charge is -2.26. The third-order valence-corrected chi connectivity index (χ3v) is 2.58. The average molecular weight is 247 g/mol. The zero-order chi connectivity index (χ0) is 12.9. The molecule has 0 radical (unpaired) electrons. The second kappa shape index (κ2) is 6.02. The molecule has 96 valence electrons. The first-order valence-electron chi connectivity index (χ1n) is 5.47. The topological polar surface area (TPSA) is 32.3 Å². The summed E-state index contributed by atoms with van der Waals surface area (Å²) in [4.78, 5) is 0. The van der Waals surface area contributed by atoms with E-state index in [1.54, 1.807) is 25.1 Å². The minimum atomic E-state index is -4.37. The van der Waals surface area contributed by atoms with E-state index < -0.39 is 18.3 Å². The van der Waals surface area contributed by atoms with Crippen LogP contribution in [0.5, 0.6) is 0 Å². The van der Waals surface area contributed by atoms with Gasteiger partial charge >= 0.3 is 6.18 Å². The molecule has 1 aromatic rings. The number of aliphatic hydroxyl groups is 1. The highest BCUT2D eigenvalue weighted by Gasteiger charge is 2.41. The summed E-state index contributed by atoms with van der Waals surface area (Å²) < 4.78 is 38.7. The molecule has 2 nitrogen and oxygen atoms in total. The summed E-state index contributed by atoms with van der Waals surface area (Å²) in [6.07, 6.45) is -3.93. The molecule has 2 N–H and O–H groups in total. The van der Waals surface area contributed by atoms with Crippen molar-refractivity contribution in [2.24, 2.45) is 0 Å². The molecule has 2 atom stereocenters. The largest absolute Gasteiger partial charge is 0.407 e. The van der Waals surface area contributed by atoms with Gasteiger partial charge < -0.3 is 5.11 Å². The van der Waals surface area contributed by atoms with E-state index in [1.165, 1.54) is 12.1 Å². The predicted octanol–water partition coefficient (Wildman–Crippen LogP) is 2.65. The standard InChI is InChI=1S/C12H16F3NO/c1-2-10(8-17)16-11(12(13,14)15)9-6-4-3-5-7-9/h3-7,10-11,16-17H,2,8H2,1H3/t10-,11-/m0/s1. The van der Waals surface area contributed by atoms with Gasteiger partial charge in [-0.05, 0) is 12.0 Å². The minimum absolute atomic E-state index is 0.159. The van der Waals surface area contributed by atoms with Crippen LogP contribution in [0.25, 0.3) is 0 Å². The molecule has 0 saturated heterocycles. The van der Waals surface area contributed by atoms with Gasteiger partial charge in [0.2, 0.25) is 0 Å². The zero-order valence-corrected chi connectivity index (χ0v) is 9.54. The lowest BCUT2D eigenvalue weighted by molar-refractivity contribution is -0.160. The molecule has 5 heteroatoms. The van der Waals surface area contributed by atoms with Crippen LogP contribution in [0, 0.1) is 0 Å². The van der Waals surface area contributed by atoms with Crippen molar-refractivity contribution in [3.63, 3.8) is 0 Å². The molecule has 17 heavy (non-hydrogen) atoms. The van der Waals surface area contributed by atoms with Gasteiger partial charge in [0.15, 0.2) is 0 Å². The van der Waals surface area contributed by atoms with Crippen LogP contribution in [0.1, 0.15) is 24.9 Å². The van der Waals surface area contributed by atoms with Gasteiger partial charge in [-0.1, -0.05) is 37.3 Å².